The highest BCUT2D eigenvalue weighted by molar-refractivity contribution is 5.83. The Morgan fingerprint density at radius 3 is 2.46 bits per heavy atom. The monoisotopic (exact) mass is 331 g/mol. The predicted octanol–water partition coefficient (Wildman–Crippen LogP) is 1.71. The van der Waals surface area contributed by atoms with Gasteiger partial charge in [0, 0.05) is 20.6 Å². The Morgan fingerprint density at radius 1 is 1.25 bits per heavy atom. The van der Waals surface area contributed by atoms with Crippen LogP contribution in [0.5, 0.6) is 0 Å². The van der Waals surface area contributed by atoms with E-state index in [0.29, 0.717) is 12.5 Å². The van der Waals surface area contributed by atoms with Crippen LogP contribution < -0.4 is 5.32 Å². The van der Waals surface area contributed by atoms with E-state index in [-0.39, 0.29) is 17.7 Å². The fraction of sp³-hybridized carbons (Fsp3) is 0.579. The van der Waals surface area contributed by atoms with Gasteiger partial charge in [0.15, 0.2) is 0 Å². The van der Waals surface area contributed by atoms with E-state index in [2.05, 4.69) is 10.2 Å². The van der Waals surface area contributed by atoms with Crippen LogP contribution in [0.2, 0.25) is 0 Å². The highest BCUT2D eigenvalue weighted by atomic mass is 16.2. The third-order valence-corrected chi connectivity index (χ3v) is 4.93. The Kier molecular flexibility index (Phi) is 6.79. The Morgan fingerprint density at radius 2 is 1.88 bits per heavy atom. The molecule has 1 aliphatic rings. The summed E-state index contributed by atoms with van der Waals surface area (Å²) in [5, 5.41) is 2.67. The topological polar surface area (TPSA) is 52.7 Å². The van der Waals surface area contributed by atoms with Crippen LogP contribution in [0.3, 0.4) is 0 Å². The zero-order valence-electron chi connectivity index (χ0n) is 15.0. The van der Waals surface area contributed by atoms with Crippen molar-refractivity contribution < 1.29 is 9.59 Å². The summed E-state index contributed by atoms with van der Waals surface area (Å²) in [5.74, 6) is 0.652. The lowest BCUT2D eigenvalue weighted by Crippen LogP contribution is -2.43. The molecule has 1 aliphatic heterocycles. The van der Waals surface area contributed by atoms with Gasteiger partial charge in [0.1, 0.15) is 0 Å². The molecule has 1 N–H and O–H groups in total. The van der Waals surface area contributed by atoms with Crippen molar-refractivity contribution in [2.75, 3.05) is 40.3 Å². The first-order valence-electron chi connectivity index (χ1n) is 8.74. The van der Waals surface area contributed by atoms with Gasteiger partial charge in [-0.1, -0.05) is 30.3 Å². The van der Waals surface area contributed by atoms with Gasteiger partial charge in [-0.15, -0.1) is 0 Å². The fourth-order valence-corrected chi connectivity index (χ4v) is 3.30. The van der Waals surface area contributed by atoms with Crippen LogP contribution in [0.1, 0.15) is 31.2 Å². The maximum atomic E-state index is 12.6. The lowest BCUT2D eigenvalue weighted by Gasteiger charge is -2.34. The molecule has 1 fully saturated rings. The summed E-state index contributed by atoms with van der Waals surface area (Å²) in [6.07, 6.45) is 2.07. The average Bonchev–Trinajstić information content (AvgIpc) is 2.62. The highest BCUT2D eigenvalue weighted by Gasteiger charge is 2.25. The summed E-state index contributed by atoms with van der Waals surface area (Å²) in [5.41, 5.74) is 1.06. The van der Waals surface area contributed by atoms with Gasteiger partial charge in [-0.05, 0) is 44.3 Å². The number of hydrogen-bond donors (Lipinski definition) is 1. The summed E-state index contributed by atoms with van der Waals surface area (Å²) in [7, 11) is 3.57. The first kappa shape index (κ1) is 18.5. The zero-order chi connectivity index (χ0) is 17.5. The Balaban J connectivity index is 1.79. The van der Waals surface area contributed by atoms with E-state index in [0.717, 1.165) is 38.0 Å². The Bertz CT molecular complexity index is 539. The number of likely N-dealkylation sites (tertiary alicyclic amines) is 1. The quantitative estimate of drug-likeness (QED) is 0.863. The number of carbonyl (C=O) groups excluding carboxylic acids is 2. The minimum Gasteiger partial charge on any atom is -0.358 e. The summed E-state index contributed by atoms with van der Waals surface area (Å²) in [6.45, 7) is 5.09. The third-order valence-electron chi connectivity index (χ3n) is 4.93. The summed E-state index contributed by atoms with van der Waals surface area (Å²) >= 11 is 0. The minimum atomic E-state index is -0.107. The number of likely N-dealkylation sites (N-methyl/N-ethyl adjacent to an activating group) is 2. The lowest BCUT2D eigenvalue weighted by molar-refractivity contribution is -0.131. The van der Waals surface area contributed by atoms with Crippen LogP contribution in [0.25, 0.3) is 0 Å². The van der Waals surface area contributed by atoms with Crippen LogP contribution in [0, 0.1) is 5.92 Å². The van der Waals surface area contributed by atoms with Gasteiger partial charge in [0.2, 0.25) is 11.8 Å². The molecule has 2 amide bonds. The van der Waals surface area contributed by atoms with E-state index in [4.69, 9.17) is 0 Å². The zero-order valence-corrected chi connectivity index (χ0v) is 15.0. The number of benzene rings is 1. The van der Waals surface area contributed by atoms with Crippen molar-refractivity contribution in [3.8, 4) is 0 Å². The molecule has 5 nitrogen and oxygen atoms in total. The molecule has 1 aromatic carbocycles. The van der Waals surface area contributed by atoms with E-state index < -0.39 is 0 Å². The lowest BCUT2D eigenvalue weighted by atomic mass is 9.95. The third kappa shape index (κ3) is 5.06. The van der Waals surface area contributed by atoms with Crippen molar-refractivity contribution >= 4 is 11.8 Å². The normalized spacial score (nSPS) is 17.3. The smallest absolute Gasteiger partial charge is 0.233 e. The maximum Gasteiger partial charge on any atom is 0.233 e. The van der Waals surface area contributed by atoms with Gasteiger partial charge in [-0.25, -0.2) is 0 Å². The van der Waals surface area contributed by atoms with Crippen molar-refractivity contribution in [1.82, 2.24) is 15.1 Å². The fourth-order valence-electron chi connectivity index (χ4n) is 3.30. The second kappa shape index (κ2) is 8.83. The minimum absolute atomic E-state index is 0.0671. The molecule has 1 unspecified atom stereocenters. The number of amides is 2. The van der Waals surface area contributed by atoms with Gasteiger partial charge in [-0.2, -0.15) is 0 Å². The highest BCUT2D eigenvalue weighted by Crippen LogP contribution is 2.21. The van der Waals surface area contributed by atoms with Crippen LogP contribution in [0.15, 0.2) is 30.3 Å². The van der Waals surface area contributed by atoms with Crippen LogP contribution in [-0.2, 0) is 9.59 Å². The van der Waals surface area contributed by atoms with Gasteiger partial charge < -0.3 is 10.2 Å². The van der Waals surface area contributed by atoms with Gasteiger partial charge in [0.25, 0.3) is 0 Å². The van der Waals surface area contributed by atoms with Crippen molar-refractivity contribution in [3.63, 3.8) is 0 Å². The van der Waals surface area contributed by atoms with E-state index in [1.165, 1.54) is 0 Å². The molecule has 1 aromatic rings. The van der Waals surface area contributed by atoms with Gasteiger partial charge in [0.05, 0.1) is 12.5 Å². The van der Waals surface area contributed by atoms with E-state index in [9.17, 15) is 9.59 Å². The average molecular weight is 331 g/mol. The van der Waals surface area contributed by atoms with E-state index in [1.807, 2.05) is 49.2 Å². The molecular weight excluding hydrogens is 302 g/mol. The molecule has 0 aliphatic carbocycles. The van der Waals surface area contributed by atoms with Crippen molar-refractivity contribution in [3.05, 3.63) is 35.9 Å². The van der Waals surface area contributed by atoms with Crippen LogP contribution in [-0.4, -0.2) is 61.9 Å². The molecular formula is C19H29N3O2. The molecule has 0 radical (unpaired) electrons. The van der Waals surface area contributed by atoms with Gasteiger partial charge in [-0.3, -0.25) is 14.5 Å². The summed E-state index contributed by atoms with van der Waals surface area (Å²) < 4.78 is 0. The van der Waals surface area contributed by atoms with Crippen molar-refractivity contribution in [2.24, 2.45) is 5.92 Å². The summed E-state index contributed by atoms with van der Waals surface area (Å²) in [4.78, 5) is 28.1. The first-order chi connectivity index (χ1) is 11.5. The van der Waals surface area contributed by atoms with Crippen LogP contribution in [0.4, 0.5) is 0 Å². The molecule has 0 spiro atoms. The number of nitrogens with zero attached hydrogens (tertiary/aromatic N) is 2. The number of hydrogen-bond acceptors (Lipinski definition) is 3. The molecule has 1 saturated heterocycles. The largest absolute Gasteiger partial charge is 0.358 e. The van der Waals surface area contributed by atoms with E-state index in [1.54, 1.807) is 7.05 Å². The molecule has 5 heteroatoms. The molecule has 2 rings (SSSR count). The predicted molar refractivity (Wildman–Crippen MR) is 95.7 cm³/mol. The van der Waals surface area contributed by atoms with E-state index >= 15 is 0 Å². The maximum absolute atomic E-state index is 12.6. The second-order valence-electron chi connectivity index (χ2n) is 6.74. The standard InChI is InChI=1S/C19H29N3O2/c1-15(17-7-5-4-6-8-17)19(24)21(3)13-16-9-11-22(12-10-16)14-18(23)20-2/h4-8,15-16H,9-14H2,1-3H3,(H,20,23). The number of piperidine rings is 1. The second-order valence-corrected chi connectivity index (χ2v) is 6.74. The molecule has 1 heterocycles. The number of nitrogens with one attached hydrogen (secondary N) is 1. The molecule has 0 bridgehead atoms. The Labute approximate surface area is 145 Å². The molecule has 0 saturated carbocycles. The van der Waals surface area contributed by atoms with Crippen molar-refractivity contribution in [1.29, 1.82) is 0 Å². The van der Waals surface area contributed by atoms with Gasteiger partial charge >= 0.3 is 0 Å². The molecule has 24 heavy (non-hydrogen) atoms. The Hall–Kier alpha value is -1.88. The SMILES string of the molecule is CNC(=O)CN1CCC(CN(C)C(=O)C(C)c2ccccc2)CC1. The van der Waals surface area contributed by atoms with Crippen molar-refractivity contribution in [2.45, 2.75) is 25.7 Å². The molecule has 132 valence electrons. The summed E-state index contributed by atoms with van der Waals surface area (Å²) in [6, 6.07) is 9.93. The number of carbonyl (C=O) groups is 2. The number of rotatable bonds is 6. The molecule has 1 atom stereocenters. The molecule has 0 aromatic heterocycles. The van der Waals surface area contributed by atoms with Crippen LogP contribution >= 0.6 is 0 Å². The first-order valence-corrected chi connectivity index (χ1v) is 8.74.